The van der Waals surface area contributed by atoms with E-state index in [0.717, 1.165) is 5.56 Å². The Labute approximate surface area is 120 Å². The summed E-state index contributed by atoms with van der Waals surface area (Å²) in [6.45, 7) is 1.85. The normalized spacial score (nSPS) is 19.5. The van der Waals surface area contributed by atoms with Gasteiger partial charge in [0.05, 0.1) is 6.04 Å². The smallest absolute Gasteiger partial charge is 0.291 e. The summed E-state index contributed by atoms with van der Waals surface area (Å²) in [7, 11) is 0. The number of hydrogen-bond acceptors (Lipinski definition) is 3. The molecule has 1 aliphatic heterocycles. The molecule has 0 spiro atoms. The van der Waals surface area contributed by atoms with E-state index in [0.29, 0.717) is 6.42 Å². The number of ketones is 1. The van der Waals surface area contributed by atoms with Crippen LogP contribution < -0.4 is 0 Å². The first-order chi connectivity index (χ1) is 10.0. The van der Waals surface area contributed by atoms with Gasteiger partial charge in [0, 0.05) is 12.8 Å². The summed E-state index contributed by atoms with van der Waals surface area (Å²) in [5.41, 5.74) is 0.746. The number of nitrogens with zero attached hydrogens (tertiary/aromatic N) is 3. The van der Waals surface area contributed by atoms with Crippen LogP contribution in [0, 0.1) is 0 Å². The predicted molar refractivity (Wildman–Crippen MR) is 72.4 cm³/mol. The van der Waals surface area contributed by atoms with Crippen LogP contribution in [-0.4, -0.2) is 20.5 Å². The maximum absolute atomic E-state index is 14.1. The fourth-order valence-electron chi connectivity index (χ4n) is 2.60. The second kappa shape index (κ2) is 5.02. The Hall–Kier alpha value is -2.11. The molecule has 3 rings (SSSR count). The second-order valence-electron chi connectivity index (χ2n) is 5.21. The van der Waals surface area contributed by atoms with Gasteiger partial charge in [-0.1, -0.05) is 37.3 Å². The van der Waals surface area contributed by atoms with E-state index in [1.807, 2.05) is 13.0 Å². The van der Waals surface area contributed by atoms with E-state index in [2.05, 4.69) is 10.1 Å². The third kappa shape index (κ3) is 2.34. The van der Waals surface area contributed by atoms with Gasteiger partial charge in [-0.15, -0.1) is 5.10 Å². The number of carbonyl (C=O) groups excluding carboxylic acids is 1. The van der Waals surface area contributed by atoms with Crippen molar-refractivity contribution in [2.45, 2.75) is 38.2 Å². The van der Waals surface area contributed by atoms with E-state index in [1.165, 1.54) is 4.68 Å². The van der Waals surface area contributed by atoms with Crippen molar-refractivity contribution in [1.82, 2.24) is 14.8 Å². The number of fused-ring (bicyclic) bond motifs is 1. The highest BCUT2D eigenvalue weighted by atomic mass is 19.3. The molecule has 1 aromatic carbocycles. The van der Waals surface area contributed by atoms with Crippen LogP contribution in [0.5, 0.6) is 0 Å². The quantitative estimate of drug-likeness (QED) is 0.812. The summed E-state index contributed by atoms with van der Waals surface area (Å²) in [4.78, 5) is 15.6. The third-order valence-corrected chi connectivity index (χ3v) is 3.61. The lowest BCUT2D eigenvalue weighted by Gasteiger charge is -2.11. The van der Waals surface area contributed by atoms with Gasteiger partial charge in [-0.25, -0.2) is 9.67 Å². The van der Waals surface area contributed by atoms with Crippen molar-refractivity contribution in [3.63, 3.8) is 0 Å². The Balaban J connectivity index is 2.02. The van der Waals surface area contributed by atoms with Gasteiger partial charge in [0.2, 0.25) is 11.6 Å². The molecule has 110 valence electrons. The van der Waals surface area contributed by atoms with Crippen molar-refractivity contribution in [3.05, 3.63) is 47.5 Å². The average Bonchev–Trinajstić information content (AvgIpc) is 3.00. The van der Waals surface area contributed by atoms with Crippen LogP contribution in [0.25, 0.3) is 0 Å². The lowest BCUT2D eigenvalue weighted by molar-refractivity contribution is -0.00883. The molecule has 0 saturated heterocycles. The van der Waals surface area contributed by atoms with Gasteiger partial charge >= 0.3 is 5.92 Å². The van der Waals surface area contributed by atoms with E-state index in [-0.39, 0.29) is 24.4 Å². The number of hydrogen-bond donors (Lipinski definition) is 0. The Morgan fingerprint density at radius 2 is 2.10 bits per heavy atom. The Kier molecular flexibility index (Phi) is 3.31. The van der Waals surface area contributed by atoms with Crippen LogP contribution in [0.4, 0.5) is 8.78 Å². The molecular formula is C15H15F2N3O. The van der Waals surface area contributed by atoms with E-state index in [4.69, 9.17) is 0 Å². The topological polar surface area (TPSA) is 47.8 Å². The van der Waals surface area contributed by atoms with Gasteiger partial charge in [-0.05, 0) is 12.0 Å². The molecule has 2 heterocycles. The molecule has 6 heteroatoms. The number of halogens is 2. The lowest BCUT2D eigenvalue weighted by atomic mass is 10.0. The van der Waals surface area contributed by atoms with Gasteiger partial charge in [0.25, 0.3) is 0 Å². The Morgan fingerprint density at radius 1 is 1.38 bits per heavy atom. The molecule has 21 heavy (non-hydrogen) atoms. The minimum Gasteiger partial charge on any atom is -0.291 e. The molecular weight excluding hydrogens is 276 g/mol. The summed E-state index contributed by atoms with van der Waals surface area (Å²) in [5, 5.41) is 4.04. The van der Waals surface area contributed by atoms with Crippen LogP contribution in [-0.2, 0) is 5.92 Å². The molecule has 4 nitrogen and oxygen atoms in total. The largest absolute Gasteiger partial charge is 0.308 e. The molecule has 1 aliphatic rings. The maximum Gasteiger partial charge on any atom is 0.308 e. The molecule has 0 saturated carbocycles. The highest BCUT2D eigenvalue weighted by Gasteiger charge is 2.49. The molecule has 0 bridgehead atoms. The summed E-state index contributed by atoms with van der Waals surface area (Å²) >= 11 is 0. The number of Topliss-reactive ketones (excluding diaryl/α,β-unsaturated/α-hetero) is 1. The zero-order chi connectivity index (χ0) is 15.0. The highest BCUT2D eigenvalue weighted by Crippen LogP contribution is 2.45. The van der Waals surface area contributed by atoms with Crippen LogP contribution >= 0.6 is 0 Å². The van der Waals surface area contributed by atoms with Gasteiger partial charge in [0.1, 0.15) is 0 Å². The van der Waals surface area contributed by atoms with Crippen molar-refractivity contribution < 1.29 is 13.6 Å². The zero-order valence-corrected chi connectivity index (χ0v) is 11.6. The fraction of sp³-hybridized carbons (Fsp3) is 0.400. The lowest BCUT2D eigenvalue weighted by Crippen LogP contribution is -2.12. The van der Waals surface area contributed by atoms with Gasteiger partial charge in [-0.3, -0.25) is 4.79 Å². The minimum absolute atomic E-state index is 0.104. The predicted octanol–water partition coefficient (Wildman–Crippen LogP) is 3.35. The molecule has 0 amide bonds. The zero-order valence-electron chi connectivity index (χ0n) is 11.6. The van der Waals surface area contributed by atoms with E-state index in [1.54, 1.807) is 24.3 Å². The van der Waals surface area contributed by atoms with Gasteiger partial charge in [0.15, 0.2) is 5.82 Å². The van der Waals surface area contributed by atoms with E-state index >= 15 is 0 Å². The van der Waals surface area contributed by atoms with Crippen LogP contribution in [0.1, 0.15) is 54.2 Å². The SMILES string of the molecule is CCCC(=O)c1nc2n(n1)C(c1ccccc1)CC2(F)F. The molecule has 2 aromatic rings. The first-order valence-electron chi connectivity index (χ1n) is 6.96. The molecule has 0 radical (unpaired) electrons. The molecule has 0 aliphatic carbocycles. The first kappa shape index (κ1) is 13.9. The Morgan fingerprint density at radius 3 is 2.76 bits per heavy atom. The van der Waals surface area contributed by atoms with Gasteiger partial charge in [-0.2, -0.15) is 8.78 Å². The number of benzene rings is 1. The van der Waals surface area contributed by atoms with Crippen LogP contribution in [0.3, 0.4) is 0 Å². The van der Waals surface area contributed by atoms with Crippen molar-refractivity contribution in [3.8, 4) is 0 Å². The number of carbonyl (C=O) groups is 1. The highest BCUT2D eigenvalue weighted by molar-refractivity contribution is 5.92. The van der Waals surface area contributed by atoms with E-state index < -0.39 is 17.8 Å². The van der Waals surface area contributed by atoms with Crippen molar-refractivity contribution >= 4 is 5.78 Å². The maximum atomic E-state index is 14.1. The van der Waals surface area contributed by atoms with Gasteiger partial charge < -0.3 is 0 Å². The van der Waals surface area contributed by atoms with Crippen molar-refractivity contribution in [2.75, 3.05) is 0 Å². The average molecular weight is 291 g/mol. The van der Waals surface area contributed by atoms with Crippen molar-refractivity contribution in [2.24, 2.45) is 0 Å². The second-order valence-corrected chi connectivity index (χ2v) is 5.21. The summed E-state index contributed by atoms with van der Waals surface area (Å²) < 4.78 is 29.4. The minimum atomic E-state index is -3.06. The molecule has 1 unspecified atom stereocenters. The number of alkyl halides is 2. The summed E-state index contributed by atoms with van der Waals surface area (Å²) in [6, 6.07) is 8.41. The summed E-state index contributed by atoms with van der Waals surface area (Å²) in [5.74, 6) is -3.86. The first-order valence-corrected chi connectivity index (χ1v) is 6.96. The van der Waals surface area contributed by atoms with Crippen LogP contribution in [0.15, 0.2) is 30.3 Å². The van der Waals surface area contributed by atoms with Crippen LogP contribution in [0.2, 0.25) is 0 Å². The fourth-order valence-corrected chi connectivity index (χ4v) is 2.60. The number of rotatable bonds is 4. The molecule has 0 fully saturated rings. The number of aromatic nitrogens is 3. The standard InChI is InChI=1S/C15H15F2N3O/c1-2-6-12(21)13-18-14-15(16,17)9-11(20(14)19-13)10-7-4-3-5-8-10/h3-5,7-8,11H,2,6,9H2,1H3. The summed E-state index contributed by atoms with van der Waals surface area (Å²) in [6.07, 6.45) is 0.542. The molecule has 1 aromatic heterocycles. The molecule has 0 N–H and O–H groups in total. The monoisotopic (exact) mass is 291 g/mol. The molecule has 1 atom stereocenters. The Bertz CT molecular complexity index is 667. The van der Waals surface area contributed by atoms with E-state index in [9.17, 15) is 13.6 Å². The third-order valence-electron chi connectivity index (χ3n) is 3.61. The van der Waals surface area contributed by atoms with Crippen molar-refractivity contribution in [1.29, 1.82) is 0 Å².